The van der Waals surface area contributed by atoms with Crippen molar-refractivity contribution in [1.29, 1.82) is 0 Å². The zero-order valence-electron chi connectivity index (χ0n) is 7.17. The minimum Gasteiger partial charge on any atom is -0.465 e. The van der Waals surface area contributed by atoms with Gasteiger partial charge >= 0.3 is 5.97 Å². The predicted molar refractivity (Wildman–Crippen MR) is 60.4 cm³/mol. The molecular formula is C8H7Cl2NO2S. The van der Waals surface area contributed by atoms with Crippen molar-refractivity contribution in [2.45, 2.75) is 0 Å². The molecule has 0 aliphatic heterocycles. The summed E-state index contributed by atoms with van der Waals surface area (Å²) < 4.78 is 7.09. The number of hydrogen-bond acceptors (Lipinski definition) is 4. The number of benzene rings is 1. The number of carbonyl (C=O) groups excluding carboxylic acids is 1. The molecule has 1 aromatic rings. The largest absolute Gasteiger partial charge is 0.465 e. The zero-order chi connectivity index (χ0) is 10.7. The number of rotatable bonds is 2. The topological polar surface area (TPSA) is 38.3 Å². The number of halogens is 2. The summed E-state index contributed by atoms with van der Waals surface area (Å²) in [5, 5.41) is 0.446. The van der Waals surface area contributed by atoms with E-state index in [1.165, 1.54) is 19.2 Å². The number of ether oxygens (including phenoxy) is 1. The van der Waals surface area contributed by atoms with Crippen LogP contribution in [0.4, 0.5) is 5.69 Å². The minimum atomic E-state index is -0.564. The molecule has 76 valence electrons. The van der Waals surface area contributed by atoms with E-state index >= 15 is 0 Å². The van der Waals surface area contributed by atoms with Gasteiger partial charge in [0.05, 0.1) is 22.7 Å². The number of anilines is 1. The fourth-order valence-electron chi connectivity index (χ4n) is 0.935. The second-order valence-corrected chi connectivity index (χ2v) is 3.46. The Bertz CT molecular complexity index is 347. The Balaban J connectivity index is 3.25. The van der Waals surface area contributed by atoms with E-state index in [9.17, 15) is 4.79 Å². The molecule has 0 unspecified atom stereocenters. The molecule has 0 saturated heterocycles. The van der Waals surface area contributed by atoms with Gasteiger partial charge in [-0.1, -0.05) is 36.0 Å². The molecule has 0 aliphatic rings. The first-order chi connectivity index (χ1) is 6.60. The number of methoxy groups -OCH3 is 1. The molecule has 6 heteroatoms. The van der Waals surface area contributed by atoms with Crippen molar-refractivity contribution >= 4 is 47.7 Å². The molecule has 14 heavy (non-hydrogen) atoms. The first kappa shape index (κ1) is 11.5. The number of nitrogens with one attached hydrogen (secondary N) is 1. The maximum atomic E-state index is 11.2. The van der Waals surface area contributed by atoms with E-state index in [0.717, 1.165) is 0 Å². The van der Waals surface area contributed by atoms with E-state index in [0.29, 0.717) is 5.69 Å². The van der Waals surface area contributed by atoms with E-state index in [4.69, 9.17) is 23.2 Å². The maximum Gasteiger partial charge on any atom is 0.340 e. The second-order valence-electron chi connectivity index (χ2n) is 2.42. The third kappa shape index (κ3) is 2.26. The Morgan fingerprint density at radius 1 is 1.43 bits per heavy atom. The molecule has 0 heterocycles. The van der Waals surface area contributed by atoms with Crippen molar-refractivity contribution in [3.05, 3.63) is 27.7 Å². The van der Waals surface area contributed by atoms with Gasteiger partial charge in [-0.2, -0.15) is 0 Å². The lowest BCUT2D eigenvalue weighted by molar-refractivity contribution is 0.0601. The quantitative estimate of drug-likeness (QED) is 0.627. The molecular weight excluding hydrogens is 245 g/mol. The molecule has 0 aliphatic carbocycles. The Hall–Kier alpha value is -0.580. The van der Waals surface area contributed by atoms with E-state index in [1.54, 1.807) is 0 Å². The highest BCUT2D eigenvalue weighted by Gasteiger charge is 2.16. The Morgan fingerprint density at radius 2 is 1.93 bits per heavy atom. The molecule has 0 saturated carbocycles. The van der Waals surface area contributed by atoms with E-state index in [2.05, 4.69) is 22.3 Å². The summed E-state index contributed by atoms with van der Waals surface area (Å²) in [6.45, 7) is 0. The van der Waals surface area contributed by atoms with Crippen molar-refractivity contribution in [3.8, 4) is 0 Å². The fourth-order valence-corrected chi connectivity index (χ4v) is 1.71. The highest BCUT2D eigenvalue weighted by Crippen LogP contribution is 2.29. The van der Waals surface area contributed by atoms with Gasteiger partial charge in [0.15, 0.2) is 0 Å². The lowest BCUT2D eigenvalue weighted by Gasteiger charge is -2.07. The van der Waals surface area contributed by atoms with Crippen LogP contribution in [-0.4, -0.2) is 13.1 Å². The molecule has 1 rings (SSSR count). The van der Waals surface area contributed by atoms with Crippen molar-refractivity contribution < 1.29 is 9.53 Å². The van der Waals surface area contributed by atoms with Gasteiger partial charge < -0.3 is 9.46 Å². The highest BCUT2D eigenvalue weighted by atomic mass is 35.5. The average Bonchev–Trinajstić information content (AvgIpc) is 2.16. The molecule has 0 amide bonds. The van der Waals surface area contributed by atoms with Crippen LogP contribution in [0.2, 0.25) is 10.0 Å². The lowest BCUT2D eigenvalue weighted by Crippen LogP contribution is -2.03. The third-order valence-corrected chi connectivity index (χ3v) is 2.42. The average molecular weight is 252 g/mol. The standard InChI is InChI=1S/C8H7Cl2NO2S/c1-13-8(12)7-5(9)2-4(11-14)3-6(7)10/h2-3,11,14H,1H3. The summed E-state index contributed by atoms with van der Waals surface area (Å²) in [4.78, 5) is 11.2. The second kappa shape index (κ2) is 4.77. The van der Waals surface area contributed by atoms with E-state index < -0.39 is 5.97 Å². The predicted octanol–water partition coefficient (Wildman–Crippen LogP) is 3.04. The van der Waals surface area contributed by atoms with Crippen LogP contribution in [0.25, 0.3) is 0 Å². The molecule has 1 N–H and O–H groups in total. The number of hydrogen-bond donors (Lipinski definition) is 2. The Kier molecular flexibility index (Phi) is 3.92. The van der Waals surface area contributed by atoms with Crippen LogP contribution in [0.5, 0.6) is 0 Å². The first-order valence-electron chi connectivity index (χ1n) is 3.57. The molecule has 3 nitrogen and oxygen atoms in total. The zero-order valence-corrected chi connectivity index (χ0v) is 9.58. The first-order valence-corrected chi connectivity index (χ1v) is 4.78. The monoisotopic (exact) mass is 251 g/mol. The molecule has 0 atom stereocenters. The van der Waals surface area contributed by atoms with Crippen LogP contribution in [0.3, 0.4) is 0 Å². The maximum absolute atomic E-state index is 11.2. The van der Waals surface area contributed by atoms with E-state index in [-0.39, 0.29) is 15.6 Å². The van der Waals surface area contributed by atoms with Gasteiger partial charge in [0.1, 0.15) is 0 Å². The summed E-state index contributed by atoms with van der Waals surface area (Å²) in [7, 11) is 1.26. The number of carbonyl (C=O) groups is 1. The fraction of sp³-hybridized carbons (Fsp3) is 0.125. The molecule has 0 radical (unpaired) electrons. The molecule has 1 aromatic carbocycles. The summed E-state index contributed by atoms with van der Waals surface area (Å²) in [5.74, 6) is -0.564. The summed E-state index contributed by atoms with van der Waals surface area (Å²) >= 11 is 15.5. The minimum absolute atomic E-state index is 0.156. The van der Waals surface area contributed by atoms with Crippen molar-refractivity contribution in [3.63, 3.8) is 0 Å². The SMILES string of the molecule is COC(=O)c1c(Cl)cc(NS)cc1Cl. The third-order valence-electron chi connectivity index (χ3n) is 1.56. The van der Waals surface area contributed by atoms with Gasteiger partial charge in [-0.25, -0.2) is 4.79 Å². The summed E-state index contributed by atoms with van der Waals surface area (Å²) in [5.41, 5.74) is 0.763. The molecule has 0 aromatic heterocycles. The van der Waals surface area contributed by atoms with Crippen LogP contribution in [-0.2, 0) is 4.74 Å². The van der Waals surface area contributed by atoms with Gasteiger partial charge in [-0.05, 0) is 12.1 Å². The van der Waals surface area contributed by atoms with Gasteiger partial charge in [0, 0.05) is 5.69 Å². The lowest BCUT2D eigenvalue weighted by atomic mass is 10.2. The number of esters is 1. The van der Waals surface area contributed by atoms with Gasteiger partial charge in [0.25, 0.3) is 0 Å². The van der Waals surface area contributed by atoms with Crippen molar-refractivity contribution in [2.75, 3.05) is 11.8 Å². The Morgan fingerprint density at radius 3 is 2.29 bits per heavy atom. The normalized spacial score (nSPS) is 9.71. The Labute approximate surface area is 96.9 Å². The van der Waals surface area contributed by atoms with Gasteiger partial charge in [0.2, 0.25) is 0 Å². The van der Waals surface area contributed by atoms with Crippen LogP contribution >= 0.6 is 36.0 Å². The van der Waals surface area contributed by atoms with Crippen LogP contribution < -0.4 is 4.72 Å². The van der Waals surface area contributed by atoms with E-state index in [1.807, 2.05) is 0 Å². The van der Waals surface area contributed by atoms with Gasteiger partial charge in [-0.3, -0.25) is 0 Å². The molecule has 0 spiro atoms. The van der Waals surface area contributed by atoms with Crippen LogP contribution in [0.15, 0.2) is 12.1 Å². The highest BCUT2D eigenvalue weighted by molar-refractivity contribution is 7.81. The summed E-state index contributed by atoms with van der Waals surface area (Å²) in [6.07, 6.45) is 0. The van der Waals surface area contributed by atoms with Crippen molar-refractivity contribution in [2.24, 2.45) is 0 Å². The summed E-state index contributed by atoms with van der Waals surface area (Å²) in [6, 6.07) is 3.07. The van der Waals surface area contributed by atoms with Crippen LogP contribution in [0, 0.1) is 0 Å². The van der Waals surface area contributed by atoms with Crippen LogP contribution in [0.1, 0.15) is 10.4 Å². The number of thiol groups is 1. The van der Waals surface area contributed by atoms with Crippen molar-refractivity contribution in [1.82, 2.24) is 0 Å². The van der Waals surface area contributed by atoms with Gasteiger partial charge in [-0.15, -0.1) is 0 Å². The smallest absolute Gasteiger partial charge is 0.340 e. The molecule has 0 fully saturated rings. The molecule has 0 bridgehead atoms.